The highest BCUT2D eigenvalue weighted by Gasteiger charge is 2.07. The van der Waals surface area contributed by atoms with Gasteiger partial charge in [0.15, 0.2) is 5.78 Å². The van der Waals surface area contributed by atoms with Crippen molar-refractivity contribution in [3.8, 4) is 6.07 Å². The van der Waals surface area contributed by atoms with Crippen molar-refractivity contribution in [3.05, 3.63) is 12.2 Å². The van der Waals surface area contributed by atoms with Gasteiger partial charge in [-0.3, -0.25) is 4.79 Å². The molecular weight excluding hydrogens is 178 g/mol. The average molecular weight is 193 g/mol. The molecule has 0 aromatic rings. The van der Waals surface area contributed by atoms with Crippen LogP contribution >= 0.6 is 0 Å². The van der Waals surface area contributed by atoms with Crippen LogP contribution in [0, 0.1) is 11.3 Å². The summed E-state index contributed by atoms with van der Waals surface area (Å²) in [5, 5.41) is 8.27. The van der Waals surface area contributed by atoms with Gasteiger partial charge in [0.05, 0.1) is 6.07 Å². The predicted octanol–water partition coefficient (Wildman–Crippen LogP) is 2.17. The fourth-order valence-corrected chi connectivity index (χ4v) is 0.971. The van der Waals surface area contributed by atoms with Crippen LogP contribution in [-0.4, -0.2) is 11.6 Å². The van der Waals surface area contributed by atoms with Gasteiger partial charge in [0.25, 0.3) is 0 Å². The molecule has 76 valence electrons. The van der Waals surface area contributed by atoms with E-state index in [2.05, 4.69) is 6.58 Å². The van der Waals surface area contributed by atoms with E-state index in [4.69, 9.17) is 5.26 Å². The second kappa shape index (κ2) is 7.02. The van der Waals surface area contributed by atoms with E-state index in [0.29, 0.717) is 37.7 Å². The Morgan fingerprint density at radius 3 is 2.43 bits per heavy atom. The van der Waals surface area contributed by atoms with Gasteiger partial charge in [-0.15, -0.1) is 0 Å². The van der Waals surface area contributed by atoms with Crippen molar-refractivity contribution in [2.24, 2.45) is 0 Å². The van der Waals surface area contributed by atoms with Gasteiger partial charge in [0, 0.05) is 19.3 Å². The molecule has 0 unspecified atom stereocenters. The first-order valence-electron chi connectivity index (χ1n) is 4.65. The van der Waals surface area contributed by atoms with Gasteiger partial charge < -0.3 is 4.79 Å². The Bertz CT molecular complexity index is 274. The maximum atomic E-state index is 11.3. The summed E-state index contributed by atoms with van der Waals surface area (Å²) in [6.45, 7) is 5.11. The molecule has 0 aliphatic heterocycles. The zero-order valence-electron chi connectivity index (χ0n) is 8.51. The lowest BCUT2D eigenvalue weighted by atomic mass is 10.0. The number of carbonyl (C=O) groups excluding carboxylic acids is 2. The number of nitrogens with zero attached hydrogens (tertiary/aromatic N) is 1. The van der Waals surface area contributed by atoms with Gasteiger partial charge in [0.1, 0.15) is 5.78 Å². The number of unbranched alkanes of at least 4 members (excludes halogenated alkanes) is 1. The van der Waals surface area contributed by atoms with E-state index in [1.165, 1.54) is 6.92 Å². The summed E-state index contributed by atoms with van der Waals surface area (Å²) in [5.41, 5.74) is 0.498. The highest BCUT2D eigenvalue weighted by atomic mass is 16.1. The van der Waals surface area contributed by atoms with Crippen molar-refractivity contribution in [1.29, 1.82) is 5.26 Å². The number of allylic oxidation sites excluding steroid dienone is 1. The van der Waals surface area contributed by atoms with Crippen molar-refractivity contribution in [2.75, 3.05) is 0 Å². The Balaban J connectivity index is 3.72. The van der Waals surface area contributed by atoms with Crippen LogP contribution < -0.4 is 0 Å². The highest BCUT2D eigenvalue weighted by molar-refractivity contribution is 5.95. The standard InChI is InChI=1S/C11H15NO2/c1-9(6-7-10(2)13)11(14)5-3-4-8-12/h1,3-7H2,2H3. The molecule has 0 amide bonds. The molecule has 0 aromatic carbocycles. The third-order valence-corrected chi connectivity index (χ3v) is 1.87. The predicted molar refractivity (Wildman–Crippen MR) is 53.5 cm³/mol. The second-order valence-electron chi connectivity index (χ2n) is 3.24. The first kappa shape index (κ1) is 12.6. The lowest BCUT2D eigenvalue weighted by molar-refractivity contribution is -0.117. The number of Topliss-reactive ketones (excluding diaryl/α,β-unsaturated/α-hetero) is 2. The lowest BCUT2D eigenvalue weighted by Gasteiger charge is -2.01. The van der Waals surface area contributed by atoms with Crippen LogP contribution in [0.5, 0.6) is 0 Å². The molecule has 0 aromatic heterocycles. The minimum Gasteiger partial charge on any atom is -0.300 e. The van der Waals surface area contributed by atoms with Gasteiger partial charge in [-0.2, -0.15) is 5.26 Å². The summed E-state index contributed by atoms with van der Waals surface area (Å²) in [6.07, 6.45) is 2.16. The van der Waals surface area contributed by atoms with Crippen molar-refractivity contribution in [2.45, 2.75) is 39.0 Å². The van der Waals surface area contributed by atoms with E-state index in [1.807, 2.05) is 6.07 Å². The molecule has 0 saturated carbocycles. The number of hydrogen-bond acceptors (Lipinski definition) is 3. The molecule has 14 heavy (non-hydrogen) atoms. The lowest BCUT2D eigenvalue weighted by Crippen LogP contribution is -2.03. The maximum absolute atomic E-state index is 11.3. The van der Waals surface area contributed by atoms with Crippen molar-refractivity contribution in [3.63, 3.8) is 0 Å². The van der Waals surface area contributed by atoms with Crippen molar-refractivity contribution >= 4 is 11.6 Å². The molecular formula is C11H15NO2. The molecule has 0 spiro atoms. The number of nitriles is 1. The molecule has 0 heterocycles. The van der Waals surface area contributed by atoms with Gasteiger partial charge in [-0.05, 0) is 25.3 Å². The summed E-state index contributed by atoms with van der Waals surface area (Å²) >= 11 is 0. The number of carbonyl (C=O) groups is 2. The van der Waals surface area contributed by atoms with E-state index < -0.39 is 0 Å². The van der Waals surface area contributed by atoms with Gasteiger partial charge in [-0.1, -0.05) is 6.58 Å². The van der Waals surface area contributed by atoms with Crippen LogP contribution in [0.25, 0.3) is 0 Å². The molecule has 0 aliphatic rings. The summed E-state index contributed by atoms with van der Waals surface area (Å²) in [6, 6.07) is 1.98. The molecule has 0 aliphatic carbocycles. The molecule has 0 rings (SSSR count). The van der Waals surface area contributed by atoms with E-state index in [-0.39, 0.29) is 11.6 Å². The van der Waals surface area contributed by atoms with E-state index in [0.717, 1.165) is 0 Å². The summed E-state index contributed by atoms with van der Waals surface area (Å²) in [5.74, 6) is 0.0393. The zero-order valence-corrected chi connectivity index (χ0v) is 8.51. The van der Waals surface area contributed by atoms with E-state index in [1.54, 1.807) is 0 Å². The Hall–Kier alpha value is -1.43. The second-order valence-corrected chi connectivity index (χ2v) is 3.24. The minimum atomic E-state index is -0.0264. The normalized spacial score (nSPS) is 9.14. The zero-order chi connectivity index (χ0) is 11.0. The molecule has 0 saturated heterocycles. The Morgan fingerprint density at radius 1 is 1.29 bits per heavy atom. The van der Waals surface area contributed by atoms with Crippen LogP contribution in [0.1, 0.15) is 39.0 Å². The molecule has 0 bridgehead atoms. The quantitative estimate of drug-likeness (QED) is 0.460. The Kier molecular flexibility index (Phi) is 6.30. The summed E-state index contributed by atoms with van der Waals surface area (Å²) < 4.78 is 0. The summed E-state index contributed by atoms with van der Waals surface area (Å²) in [7, 11) is 0. The third-order valence-electron chi connectivity index (χ3n) is 1.87. The fraction of sp³-hybridized carbons (Fsp3) is 0.545. The number of ketones is 2. The molecule has 3 heteroatoms. The largest absolute Gasteiger partial charge is 0.300 e. The first-order valence-corrected chi connectivity index (χ1v) is 4.65. The minimum absolute atomic E-state index is 0.0264. The summed E-state index contributed by atoms with van der Waals surface area (Å²) in [4.78, 5) is 21.9. The van der Waals surface area contributed by atoms with Crippen LogP contribution in [0.4, 0.5) is 0 Å². The SMILES string of the molecule is C=C(CCC(C)=O)C(=O)CCCC#N. The average Bonchev–Trinajstić information content (AvgIpc) is 2.14. The van der Waals surface area contributed by atoms with Gasteiger partial charge in [-0.25, -0.2) is 0 Å². The van der Waals surface area contributed by atoms with Crippen LogP contribution in [0.3, 0.4) is 0 Å². The van der Waals surface area contributed by atoms with Gasteiger partial charge in [0.2, 0.25) is 0 Å². The molecule has 0 atom stereocenters. The highest BCUT2D eigenvalue weighted by Crippen LogP contribution is 2.08. The fourth-order valence-electron chi connectivity index (χ4n) is 0.971. The molecule has 0 fully saturated rings. The van der Waals surface area contributed by atoms with Crippen molar-refractivity contribution < 1.29 is 9.59 Å². The third kappa shape index (κ3) is 6.13. The molecule has 3 nitrogen and oxygen atoms in total. The van der Waals surface area contributed by atoms with Crippen LogP contribution in [0.15, 0.2) is 12.2 Å². The molecule has 0 N–H and O–H groups in total. The smallest absolute Gasteiger partial charge is 0.158 e. The number of rotatable bonds is 7. The Labute approximate surface area is 84.4 Å². The van der Waals surface area contributed by atoms with Crippen LogP contribution in [-0.2, 0) is 9.59 Å². The molecule has 0 radical (unpaired) electrons. The van der Waals surface area contributed by atoms with Gasteiger partial charge >= 0.3 is 0 Å². The van der Waals surface area contributed by atoms with E-state index in [9.17, 15) is 9.59 Å². The van der Waals surface area contributed by atoms with Crippen LogP contribution in [0.2, 0.25) is 0 Å². The number of hydrogen-bond donors (Lipinski definition) is 0. The first-order chi connectivity index (χ1) is 6.57. The van der Waals surface area contributed by atoms with Crippen molar-refractivity contribution in [1.82, 2.24) is 0 Å². The maximum Gasteiger partial charge on any atom is 0.158 e. The monoisotopic (exact) mass is 193 g/mol. The Morgan fingerprint density at radius 2 is 1.93 bits per heavy atom. The van der Waals surface area contributed by atoms with E-state index >= 15 is 0 Å². The topological polar surface area (TPSA) is 57.9 Å².